The molecule has 1 saturated heterocycles. The van der Waals surface area contributed by atoms with Gasteiger partial charge in [0.05, 0.1) is 31.4 Å². The van der Waals surface area contributed by atoms with E-state index < -0.39 is 73.5 Å². The third-order valence-electron chi connectivity index (χ3n) is 6.14. The average Bonchev–Trinajstić information content (AvgIpc) is 2.84. The van der Waals surface area contributed by atoms with Gasteiger partial charge < -0.3 is 58.1 Å². The minimum absolute atomic E-state index is 0.0473. The lowest BCUT2D eigenvalue weighted by Crippen LogP contribution is -2.59. The number of hydrogen-bond acceptors (Lipinski definition) is 11. The summed E-state index contributed by atoms with van der Waals surface area (Å²) >= 11 is 0. The maximum Gasteiger partial charge on any atom is 0.242 e. The molecule has 1 aliphatic heterocycles. The molecule has 1 fully saturated rings. The van der Waals surface area contributed by atoms with Gasteiger partial charge in [0.25, 0.3) is 0 Å². The van der Waals surface area contributed by atoms with Crippen molar-refractivity contribution in [3.8, 4) is 0 Å². The molecule has 12 N–H and O–H groups in total. The normalized spacial score (nSPS) is 27.9. The second-order valence-corrected chi connectivity index (χ2v) is 9.07. The minimum Gasteiger partial charge on any atom is -0.394 e. The lowest BCUT2D eigenvalue weighted by molar-refractivity contribution is -0.132. The van der Waals surface area contributed by atoms with E-state index >= 15 is 0 Å². The molecule has 15 heteroatoms. The molecule has 7 atom stereocenters. The molecule has 15 nitrogen and oxygen atoms in total. The number of hydrogen-bond donors (Lipinski definition) is 11. The molecule has 1 aliphatic rings. The Kier molecular flexibility index (Phi) is 15.1. The van der Waals surface area contributed by atoms with Crippen molar-refractivity contribution in [3.63, 3.8) is 0 Å². The van der Waals surface area contributed by atoms with Gasteiger partial charge in [0.1, 0.15) is 24.4 Å². The van der Waals surface area contributed by atoms with Crippen molar-refractivity contribution < 1.29 is 39.6 Å². The lowest BCUT2D eigenvalue weighted by Gasteiger charge is -2.29. The van der Waals surface area contributed by atoms with E-state index in [1.165, 1.54) is 14.0 Å². The first kappa shape index (κ1) is 32.6. The summed E-state index contributed by atoms with van der Waals surface area (Å²) in [4.78, 5) is 50.5. The van der Waals surface area contributed by atoms with E-state index in [0.717, 1.165) is 0 Å². The van der Waals surface area contributed by atoms with Crippen LogP contribution < -0.4 is 37.6 Å². The van der Waals surface area contributed by atoms with Crippen LogP contribution in [-0.2, 0) is 19.2 Å². The van der Waals surface area contributed by atoms with Crippen LogP contribution in [0.4, 0.5) is 0 Å². The molecule has 0 bridgehead atoms. The number of likely N-dealkylation sites (N-methyl/N-ethyl adjacent to an activating group) is 1. The first-order chi connectivity index (χ1) is 17.5. The summed E-state index contributed by atoms with van der Waals surface area (Å²) in [5.41, 5.74) is 5.58. The van der Waals surface area contributed by atoms with Crippen molar-refractivity contribution in [1.82, 2.24) is 31.9 Å². The van der Waals surface area contributed by atoms with Crippen LogP contribution in [0.3, 0.4) is 0 Å². The maximum atomic E-state index is 13.0. The fraction of sp³-hybridized carbons (Fsp3) is 0.818. The van der Waals surface area contributed by atoms with E-state index in [1.807, 2.05) is 0 Å². The molecular formula is C22H43N7O8. The van der Waals surface area contributed by atoms with E-state index in [0.29, 0.717) is 25.8 Å². The summed E-state index contributed by atoms with van der Waals surface area (Å²) in [6.45, 7) is 0.480. The minimum atomic E-state index is -1.34. The zero-order chi connectivity index (χ0) is 28.0. The van der Waals surface area contributed by atoms with Crippen LogP contribution in [0.2, 0.25) is 0 Å². The Morgan fingerprint density at radius 3 is 2.32 bits per heavy atom. The van der Waals surface area contributed by atoms with Crippen LogP contribution in [0.5, 0.6) is 0 Å². The van der Waals surface area contributed by atoms with Crippen LogP contribution in [0.1, 0.15) is 39.0 Å². The maximum absolute atomic E-state index is 13.0. The predicted octanol–water partition coefficient (Wildman–Crippen LogP) is -5.29. The van der Waals surface area contributed by atoms with Crippen LogP contribution in [0.25, 0.3) is 0 Å². The molecule has 0 aliphatic carbocycles. The number of carbonyl (C=O) groups is 4. The smallest absolute Gasteiger partial charge is 0.242 e. The van der Waals surface area contributed by atoms with Gasteiger partial charge in [-0.05, 0) is 39.7 Å². The average molecular weight is 534 g/mol. The molecule has 4 amide bonds. The molecule has 1 rings (SSSR count). The molecule has 0 aromatic heterocycles. The topological polar surface area (TPSA) is 247 Å². The highest BCUT2D eigenvalue weighted by Gasteiger charge is 2.30. The Balaban J connectivity index is 3.10. The fourth-order valence-electron chi connectivity index (χ4n) is 3.67. The summed E-state index contributed by atoms with van der Waals surface area (Å²) in [5.74, 6) is -2.30. The fourth-order valence-corrected chi connectivity index (χ4v) is 3.67. The van der Waals surface area contributed by atoms with Crippen molar-refractivity contribution in [2.24, 2.45) is 5.73 Å². The Bertz CT molecular complexity index is 736. The number of carbonyl (C=O) groups excluding carboxylic acids is 4. The van der Waals surface area contributed by atoms with Crippen LogP contribution in [0, 0.1) is 0 Å². The van der Waals surface area contributed by atoms with E-state index in [-0.39, 0.29) is 25.3 Å². The van der Waals surface area contributed by atoms with Gasteiger partial charge in [0.2, 0.25) is 23.6 Å². The summed E-state index contributed by atoms with van der Waals surface area (Å²) in [6.07, 6.45) is -1.17. The Labute approximate surface area is 216 Å². The number of nitrogens with two attached hydrogens (primary N) is 1. The molecule has 0 saturated carbocycles. The second-order valence-electron chi connectivity index (χ2n) is 9.07. The van der Waals surface area contributed by atoms with Gasteiger partial charge in [0.15, 0.2) is 0 Å². The molecule has 1 heterocycles. The van der Waals surface area contributed by atoms with Gasteiger partial charge in [-0.25, -0.2) is 0 Å². The number of aliphatic hydroxyl groups excluding tert-OH is 4. The summed E-state index contributed by atoms with van der Waals surface area (Å²) in [7, 11) is 1.47. The summed E-state index contributed by atoms with van der Waals surface area (Å²) in [5, 5.41) is 54.9. The highest BCUT2D eigenvalue weighted by molar-refractivity contribution is 5.90. The van der Waals surface area contributed by atoms with Gasteiger partial charge >= 0.3 is 0 Å². The van der Waals surface area contributed by atoms with E-state index in [9.17, 15) is 39.6 Å². The van der Waals surface area contributed by atoms with Crippen LogP contribution in [-0.4, -0.2) is 120 Å². The molecule has 214 valence electrons. The molecule has 0 spiro atoms. The van der Waals surface area contributed by atoms with Crippen molar-refractivity contribution in [3.05, 3.63) is 0 Å². The number of rotatable bonds is 7. The molecule has 0 aromatic rings. The van der Waals surface area contributed by atoms with Gasteiger partial charge in [-0.2, -0.15) is 0 Å². The van der Waals surface area contributed by atoms with Crippen molar-refractivity contribution >= 4 is 23.6 Å². The van der Waals surface area contributed by atoms with E-state index in [2.05, 4.69) is 31.9 Å². The Morgan fingerprint density at radius 2 is 1.76 bits per heavy atom. The largest absolute Gasteiger partial charge is 0.394 e. The van der Waals surface area contributed by atoms with Gasteiger partial charge in [-0.3, -0.25) is 19.2 Å². The zero-order valence-corrected chi connectivity index (χ0v) is 21.4. The molecule has 0 radical (unpaired) electrons. The van der Waals surface area contributed by atoms with Crippen molar-refractivity contribution in [2.45, 2.75) is 81.6 Å². The van der Waals surface area contributed by atoms with Crippen LogP contribution in [0.15, 0.2) is 0 Å². The van der Waals surface area contributed by atoms with E-state index in [4.69, 9.17) is 5.73 Å². The second kappa shape index (κ2) is 17.2. The highest BCUT2D eigenvalue weighted by atomic mass is 16.3. The summed E-state index contributed by atoms with van der Waals surface area (Å²) in [6, 6.07) is -4.95. The van der Waals surface area contributed by atoms with Crippen LogP contribution >= 0.6 is 0 Å². The molecule has 0 aromatic carbocycles. The molecule has 37 heavy (non-hydrogen) atoms. The molecular weight excluding hydrogens is 490 g/mol. The quantitative estimate of drug-likeness (QED) is 0.138. The number of nitrogens with one attached hydrogen (secondary N) is 6. The monoisotopic (exact) mass is 533 g/mol. The van der Waals surface area contributed by atoms with Gasteiger partial charge in [0, 0.05) is 19.5 Å². The number of aliphatic hydroxyl groups is 4. The first-order valence-electron chi connectivity index (χ1n) is 12.5. The van der Waals surface area contributed by atoms with Crippen molar-refractivity contribution in [1.29, 1.82) is 0 Å². The lowest BCUT2D eigenvalue weighted by atomic mass is 10.1. The predicted molar refractivity (Wildman–Crippen MR) is 133 cm³/mol. The molecule has 2 unspecified atom stereocenters. The Morgan fingerprint density at radius 1 is 1.08 bits per heavy atom. The Hall–Kier alpha value is -2.40. The van der Waals surface area contributed by atoms with E-state index in [1.54, 1.807) is 0 Å². The zero-order valence-electron chi connectivity index (χ0n) is 21.4. The summed E-state index contributed by atoms with van der Waals surface area (Å²) < 4.78 is 0. The standard InChI is InChI=1S/C22H43N7O8/c1-12(32)15-9-26-17(11-31)22(37)27-13(19(23)34)5-3-4-8-25-18(33)7-6-14(20(35)29-15)28-21(36)16(10-30)24-2/h12-17,19,24,26,30-32,34H,3-11,23H2,1-2H3,(H,25,33)(H,27,37)(H,28,36)(H,29,35)/t12?,13-,14-,15+,16-,17-,19?/m0/s1. The first-order valence-corrected chi connectivity index (χ1v) is 12.5. The van der Waals surface area contributed by atoms with Gasteiger partial charge in [-0.15, -0.1) is 0 Å². The SMILES string of the molecule is CN[C@@H](CO)C(=O)N[C@H]1CCC(=O)NCCCC[C@@H](C(N)O)NC(=O)[C@H](CO)NC[C@H](C(C)O)NC1=O. The third kappa shape index (κ3) is 11.7. The van der Waals surface area contributed by atoms with Crippen molar-refractivity contribution in [2.75, 3.05) is 33.4 Å². The number of amides is 4. The highest BCUT2D eigenvalue weighted by Crippen LogP contribution is 2.06. The third-order valence-corrected chi connectivity index (χ3v) is 6.14. The van der Waals surface area contributed by atoms with Gasteiger partial charge in [-0.1, -0.05) is 0 Å².